The summed E-state index contributed by atoms with van der Waals surface area (Å²) in [5, 5.41) is 0. The summed E-state index contributed by atoms with van der Waals surface area (Å²) in [5.41, 5.74) is 26.1. The van der Waals surface area contributed by atoms with Crippen LogP contribution in [-0.2, 0) is 5.41 Å². The van der Waals surface area contributed by atoms with Gasteiger partial charge in [0.15, 0.2) is 5.82 Å². The second-order valence-electron chi connectivity index (χ2n) is 19.3. The lowest BCUT2D eigenvalue weighted by Crippen LogP contribution is -2.25. The van der Waals surface area contributed by atoms with Crippen molar-refractivity contribution in [2.24, 2.45) is 0 Å². The molecule has 0 saturated carbocycles. The van der Waals surface area contributed by atoms with Crippen molar-refractivity contribution < 1.29 is 0 Å². The van der Waals surface area contributed by atoms with Gasteiger partial charge in [-0.25, -0.2) is 9.97 Å². The van der Waals surface area contributed by atoms with E-state index < -0.39 is 5.41 Å². The predicted molar refractivity (Wildman–Crippen MR) is 302 cm³/mol. The third kappa shape index (κ3) is 7.18. The van der Waals surface area contributed by atoms with Crippen molar-refractivity contribution in [2.75, 3.05) is 0 Å². The van der Waals surface area contributed by atoms with Gasteiger partial charge in [-0.05, 0) is 155 Å². The molecule has 0 amide bonds. The van der Waals surface area contributed by atoms with Crippen LogP contribution in [0.5, 0.6) is 0 Å². The molecule has 73 heavy (non-hydrogen) atoms. The third-order valence-electron chi connectivity index (χ3n) is 15.1. The maximum absolute atomic E-state index is 5.55. The molecule has 2 nitrogen and oxygen atoms in total. The van der Waals surface area contributed by atoms with Crippen molar-refractivity contribution in [1.29, 1.82) is 0 Å². The van der Waals surface area contributed by atoms with Gasteiger partial charge in [0, 0.05) is 16.7 Å². The summed E-state index contributed by atoms with van der Waals surface area (Å²) in [5.74, 6) is 0.663. The van der Waals surface area contributed by atoms with E-state index >= 15 is 0 Å². The summed E-state index contributed by atoms with van der Waals surface area (Å²) in [6, 6.07) is 101. The van der Waals surface area contributed by atoms with Crippen molar-refractivity contribution in [3.63, 3.8) is 0 Å². The monoisotopic (exact) mass is 926 g/mol. The van der Waals surface area contributed by atoms with E-state index in [1.165, 1.54) is 44.5 Å². The second-order valence-corrected chi connectivity index (χ2v) is 19.3. The maximum Gasteiger partial charge on any atom is 0.160 e. The average Bonchev–Trinajstić information content (AvgIpc) is 3.95. The lowest BCUT2D eigenvalue weighted by molar-refractivity contribution is 0.794. The summed E-state index contributed by atoms with van der Waals surface area (Å²) >= 11 is 0. The summed E-state index contributed by atoms with van der Waals surface area (Å²) in [7, 11) is 0. The van der Waals surface area contributed by atoms with Crippen molar-refractivity contribution in [3.8, 4) is 112 Å². The topological polar surface area (TPSA) is 25.8 Å². The van der Waals surface area contributed by atoms with E-state index in [-0.39, 0.29) is 0 Å². The van der Waals surface area contributed by atoms with E-state index in [1.807, 2.05) is 0 Å². The molecule has 0 atom stereocenters. The summed E-state index contributed by atoms with van der Waals surface area (Å²) in [4.78, 5) is 11.1. The zero-order valence-electron chi connectivity index (χ0n) is 40.0. The molecule has 12 aromatic rings. The van der Waals surface area contributed by atoms with Gasteiger partial charge in [0.25, 0.3) is 0 Å². The first-order valence-electron chi connectivity index (χ1n) is 25.1. The van der Waals surface area contributed by atoms with Crippen LogP contribution in [0, 0.1) is 0 Å². The zero-order chi connectivity index (χ0) is 48.3. The molecule has 340 valence electrons. The minimum absolute atomic E-state index is 0.432. The molecule has 11 aromatic carbocycles. The molecule has 2 aliphatic rings. The smallest absolute Gasteiger partial charge is 0.160 e. The Balaban J connectivity index is 0.967. The van der Waals surface area contributed by atoms with Gasteiger partial charge in [-0.15, -0.1) is 0 Å². The van der Waals surface area contributed by atoms with Crippen LogP contribution in [-0.4, -0.2) is 9.97 Å². The van der Waals surface area contributed by atoms with Crippen LogP contribution in [0.4, 0.5) is 0 Å². The number of hydrogen-bond acceptors (Lipinski definition) is 2. The summed E-state index contributed by atoms with van der Waals surface area (Å²) in [6.45, 7) is 0. The molecular weight excluding hydrogens is 881 g/mol. The van der Waals surface area contributed by atoms with Gasteiger partial charge in [0.1, 0.15) is 0 Å². The largest absolute Gasteiger partial charge is 0.228 e. The van der Waals surface area contributed by atoms with Crippen LogP contribution < -0.4 is 0 Å². The second kappa shape index (κ2) is 17.4. The number of rotatable bonds is 8. The Labute approximate surface area is 426 Å². The van der Waals surface area contributed by atoms with E-state index in [9.17, 15) is 0 Å². The van der Waals surface area contributed by atoms with Crippen LogP contribution in [0.25, 0.3) is 112 Å². The molecule has 0 fully saturated rings. The fourth-order valence-corrected chi connectivity index (χ4v) is 11.7. The minimum Gasteiger partial charge on any atom is -0.228 e. The van der Waals surface area contributed by atoms with Crippen LogP contribution in [0.1, 0.15) is 22.3 Å². The first-order chi connectivity index (χ1) is 36.2. The van der Waals surface area contributed by atoms with Gasteiger partial charge in [-0.3, -0.25) is 0 Å². The first kappa shape index (κ1) is 42.4. The summed E-state index contributed by atoms with van der Waals surface area (Å²) in [6.07, 6.45) is 0. The molecule has 0 radical (unpaired) electrons. The Morgan fingerprint density at radius 1 is 0.192 bits per heavy atom. The van der Waals surface area contributed by atoms with Gasteiger partial charge in [-0.1, -0.05) is 224 Å². The van der Waals surface area contributed by atoms with Gasteiger partial charge in [-0.2, -0.15) is 0 Å². The molecule has 0 unspecified atom stereocenters. The molecule has 0 bridgehead atoms. The highest BCUT2D eigenvalue weighted by atomic mass is 14.9. The molecule has 2 aliphatic carbocycles. The van der Waals surface area contributed by atoms with E-state index in [4.69, 9.17) is 9.97 Å². The normalized spacial score (nSPS) is 12.5. The highest BCUT2D eigenvalue weighted by molar-refractivity contribution is 5.96. The van der Waals surface area contributed by atoms with Gasteiger partial charge >= 0.3 is 0 Å². The number of aromatic nitrogens is 2. The lowest BCUT2D eigenvalue weighted by Gasteiger charge is -2.30. The molecule has 0 N–H and O–H groups in total. The quantitative estimate of drug-likeness (QED) is 0.152. The van der Waals surface area contributed by atoms with Crippen LogP contribution in [0.15, 0.2) is 279 Å². The molecule has 2 heteroatoms. The standard InChI is InChI=1S/C71H46N2/c1-5-20-47(21-6-1)54-39-55(48-22-7-2-8-23-48)42-58(41-54)68-46-69(59-43-56(49-24-9-3-10-25-49)40-57(44-59)50-26-11-4-12-27-50)73-70(72-68)53-29-19-28-51(38-53)52-36-37-63-62-32-15-18-35-66(62)71(67(63)45-52)64-33-16-13-30-60(64)61-31-14-17-34-65(61)71/h1-46H. The fourth-order valence-electron chi connectivity index (χ4n) is 11.7. The zero-order valence-corrected chi connectivity index (χ0v) is 40.0. The van der Waals surface area contributed by atoms with E-state index in [2.05, 4.69) is 279 Å². The molecule has 1 aromatic heterocycles. The predicted octanol–water partition coefficient (Wildman–Crippen LogP) is 18.2. The summed E-state index contributed by atoms with van der Waals surface area (Å²) < 4.78 is 0. The maximum atomic E-state index is 5.55. The van der Waals surface area contributed by atoms with E-state index in [0.717, 1.165) is 83.7 Å². The molecule has 0 aliphatic heterocycles. The highest BCUT2D eigenvalue weighted by Crippen LogP contribution is 2.63. The number of nitrogens with zero attached hydrogens (tertiary/aromatic N) is 2. The van der Waals surface area contributed by atoms with Crippen LogP contribution in [0.2, 0.25) is 0 Å². The van der Waals surface area contributed by atoms with Gasteiger partial charge < -0.3 is 0 Å². The number of hydrogen-bond donors (Lipinski definition) is 0. The van der Waals surface area contributed by atoms with Crippen LogP contribution >= 0.6 is 0 Å². The third-order valence-corrected chi connectivity index (χ3v) is 15.1. The van der Waals surface area contributed by atoms with E-state index in [1.54, 1.807) is 0 Å². The number of benzene rings is 11. The molecule has 1 heterocycles. The Morgan fingerprint density at radius 2 is 0.507 bits per heavy atom. The average molecular weight is 927 g/mol. The Kier molecular flexibility index (Phi) is 10.1. The van der Waals surface area contributed by atoms with Crippen molar-refractivity contribution >= 4 is 0 Å². The van der Waals surface area contributed by atoms with Crippen molar-refractivity contribution in [3.05, 3.63) is 301 Å². The lowest BCUT2D eigenvalue weighted by atomic mass is 9.70. The van der Waals surface area contributed by atoms with Crippen LogP contribution in [0.3, 0.4) is 0 Å². The molecule has 0 saturated heterocycles. The van der Waals surface area contributed by atoms with Gasteiger partial charge in [0.05, 0.1) is 16.8 Å². The van der Waals surface area contributed by atoms with Crippen molar-refractivity contribution in [2.45, 2.75) is 5.41 Å². The molecule has 1 spiro atoms. The Morgan fingerprint density at radius 3 is 0.932 bits per heavy atom. The molecule has 14 rings (SSSR count). The molecular formula is C71H46N2. The first-order valence-corrected chi connectivity index (χ1v) is 25.1. The SMILES string of the molecule is c1ccc(-c2cc(-c3ccccc3)cc(-c3cc(-c4cc(-c5ccccc5)cc(-c5ccccc5)c4)nc(-c4cccc(-c5ccc6c(c5)C5(c7ccccc7-c7ccccc75)c5ccccc5-6)c4)n3)c2)cc1. The Bertz CT molecular complexity index is 3740. The minimum atomic E-state index is -0.432. The van der Waals surface area contributed by atoms with Gasteiger partial charge in [0.2, 0.25) is 0 Å². The van der Waals surface area contributed by atoms with Crippen molar-refractivity contribution in [1.82, 2.24) is 9.97 Å². The highest BCUT2D eigenvalue weighted by Gasteiger charge is 2.51. The number of fused-ring (bicyclic) bond motifs is 10. The fraction of sp³-hybridized carbons (Fsp3) is 0.0141. The Hall–Kier alpha value is -9.50. The van der Waals surface area contributed by atoms with E-state index in [0.29, 0.717) is 5.82 Å².